The van der Waals surface area contributed by atoms with Crippen molar-refractivity contribution in [2.45, 2.75) is 45.1 Å². The fourth-order valence-electron chi connectivity index (χ4n) is 2.10. The molecule has 3 unspecified atom stereocenters. The van der Waals surface area contributed by atoms with Crippen LogP contribution in [0.1, 0.15) is 39.0 Å². The predicted molar refractivity (Wildman–Crippen MR) is 51.9 cm³/mol. The summed E-state index contributed by atoms with van der Waals surface area (Å²) in [6.07, 6.45) is 7.82. The maximum absolute atomic E-state index is 9.80. The van der Waals surface area contributed by atoms with Crippen LogP contribution in [0.15, 0.2) is 12.7 Å². The minimum atomic E-state index is -0.0829. The summed E-state index contributed by atoms with van der Waals surface area (Å²) in [6.45, 7) is 5.95. The number of aliphatic hydroxyl groups is 1. The summed E-state index contributed by atoms with van der Waals surface area (Å²) < 4.78 is 0. The molecule has 70 valence electrons. The minimum absolute atomic E-state index is 0.0829. The highest BCUT2D eigenvalue weighted by Gasteiger charge is 2.24. The van der Waals surface area contributed by atoms with Crippen molar-refractivity contribution in [3.8, 4) is 0 Å². The highest BCUT2D eigenvalue weighted by atomic mass is 16.3. The van der Waals surface area contributed by atoms with E-state index in [0.29, 0.717) is 11.8 Å². The van der Waals surface area contributed by atoms with E-state index in [1.165, 1.54) is 25.7 Å². The van der Waals surface area contributed by atoms with E-state index < -0.39 is 0 Å². The zero-order valence-electron chi connectivity index (χ0n) is 8.00. The molecule has 3 atom stereocenters. The summed E-state index contributed by atoms with van der Waals surface area (Å²) in [6, 6.07) is 0. The monoisotopic (exact) mass is 168 g/mol. The van der Waals surface area contributed by atoms with Crippen LogP contribution in [-0.4, -0.2) is 11.2 Å². The van der Waals surface area contributed by atoms with Gasteiger partial charge in [-0.05, 0) is 24.7 Å². The average Bonchev–Trinajstić information content (AvgIpc) is 2.28. The van der Waals surface area contributed by atoms with Gasteiger partial charge in [-0.25, -0.2) is 0 Å². The van der Waals surface area contributed by atoms with Crippen LogP contribution in [0.5, 0.6) is 0 Å². The molecule has 0 heterocycles. The van der Waals surface area contributed by atoms with Crippen molar-refractivity contribution in [3.63, 3.8) is 0 Å². The van der Waals surface area contributed by atoms with Gasteiger partial charge in [0.25, 0.3) is 0 Å². The zero-order chi connectivity index (χ0) is 8.97. The molecule has 0 aromatic carbocycles. The van der Waals surface area contributed by atoms with E-state index >= 15 is 0 Å². The van der Waals surface area contributed by atoms with Crippen molar-refractivity contribution < 1.29 is 5.11 Å². The third-order valence-corrected chi connectivity index (χ3v) is 3.08. The summed E-state index contributed by atoms with van der Waals surface area (Å²) in [5.74, 6) is 0.933. The quantitative estimate of drug-likeness (QED) is 0.496. The van der Waals surface area contributed by atoms with Crippen molar-refractivity contribution >= 4 is 0 Å². The second-order valence-corrected chi connectivity index (χ2v) is 3.96. The van der Waals surface area contributed by atoms with E-state index in [4.69, 9.17) is 0 Å². The second kappa shape index (κ2) is 4.66. The Balaban J connectivity index is 2.52. The summed E-state index contributed by atoms with van der Waals surface area (Å²) in [5, 5.41) is 9.80. The molecular weight excluding hydrogens is 148 g/mol. The molecule has 12 heavy (non-hydrogen) atoms. The minimum Gasteiger partial charge on any atom is -0.393 e. The molecule has 1 N–H and O–H groups in total. The Morgan fingerprint density at radius 1 is 1.33 bits per heavy atom. The Morgan fingerprint density at radius 2 is 2.00 bits per heavy atom. The van der Waals surface area contributed by atoms with E-state index in [0.717, 1.165) is 6.42 Å². The molecule has 0 saturated heterocycles. The van der Waals surface area contributed by atoms with Gasteiger partial charge in [0.05, 0.1) is 6.10 Å². The van der Waals surface area contributed by atoms with Crippen LogP contribution in [-0.2, 0) is 0 Å². The van der Waals surface area contributed by atoms with Crippen LogP contribution >= 0.6 is 0 Å². The van der Waals surface area contributed by atoms with Gasteiger partial charge in [0.2, 0.25) is 0 Å². The van der Waals surface area contributed by atoms with Gasteiger partial charge in [-0.1, -0.05) is 32.3 Å². The lowest BCUT2D eigenvalue weighted by Crippen LogP contribution is -2.24. The standard InChI is InChI=1S/C11H20O/c1-3-9(2)10-7-5-4-6-8-11(10)12/h3,9-12H,1,4-8H2,2H3. The van der Waals surface area contributed by atoms with E-state index in [1.807, 2.05) is 6.08 Å². The third-order valence-electron chi connectivity index (χ3n) is 3.08. The first-order valence-corrected chi connectivity index (χ1v) is 5.06. The number of hydrogen-bond donors (Lipinski definition) is 1. The predicted octanol–water partition coefficient (Wildman–Crippen LogP) is 2.75. The van der Waals surface area contributed by atoms with E-state index in [9.17, 15) is 5.11 Å². The van der Waals surface area contributed by atoms with Crippen LogP contribution < -0.4 is 0 Å². The molecule has 1 aliphatic carbocycles. The van der Waals surface area contributed by atoms with Gasteiger partial charge >= 0.3 is 0 Å². The maximum Gasteiger partial charge on any atom is 0.0573 e. The topological polar surface area (TPSA) is 20.2 Å². The van der Waals surface area contributed by atoms with E-state index in [1.54, 1.807) is 0 Å². The Morgan fingerprint density at radius 3 is 2.67 bits per heavy atom. The summed E-state index contributed by atoms with van der Waals surface area (Å²) in [5.41, 5.74) is 0. The molecule has 1 aliphatic rings. The molecule has 0 bridgehead atoms. The SMILES string of the molecule is C=CC(C)C1CCCCCC1O. The fourth-order valence-corrected chi connectivity index (χ4v) is 2.10. The maximum atomic E-state index is 9.80. The number of allylic oxidation sites excluding steroid dienone is 1. The van der Waals surface area contributed by atoms with Crippen molar-refractivity contribution in [1.29, 1.82) is 0 Å². The Kier molecular flexibility index (Phi) is 3.80. The van der Waals surface area contributed by atoms with Crippen molar-refractivity contribution in [1.82, 2.24) is 0 Å². The van der Waals surface area contributed by atoms with Gasteiger partial charge in [0.15, 0.2) is 0 Å². The van der Waals surface area contributed by atoms with Crippen LogP contribution in [0.25, 0.3) is 0 Å². The van der Waals surface area contributed by atoms with Crippen LogP contribution in [0.2, 0.25) is 0 Å². The molecule has 0 radical (unpaired) electrons. The molecule has 0 aliphatic heterocycles. The van der Waals surface area contributed by atoms with Crippen molar-refractivity contribution in [2.75, 3.05) is 0 Å². The van der Waals surface area contributed by atoms with Gasteiger partial charge < -0.3 is 5.11 Å². The second-order valence-electron chi connectivity index (χ2n) is 3.96. The summed E-state index contributed by atoms with van der Waals surface area (Å²) >= 11 is 0. The van der Waals surface area contributed by atoms with Crippen molar-refractivity contribution in [2.24, 2.45) is 11.8 Å². The van der Waals surface area contributed by atoms with E-state index in [2.05, 4.69) is 13.5 Å². The molecule has 0 spiro atoms. The molecule has 1 heteroatoms. The smallest absolute Gasteiger partial charge is 0.0573 e. The molecular formula is C11H20O. The number of aliphatic hydroxyl groups excluding tert-OH is 1. The number of hydrogen-bond acceptors (Lipinski definition) is 1. The van der Waals surface area contributed by atoms with Gasteiger partial charge in [-0.2, -0.15) is 0 Å². The Hall–Kier alpha value is -0.300. The highest BCUT2D eigenvalue weighted by molar-refractivity contribution is 4.86. The van der Waals surface area contributed by atoms with Crippen LogP contribution in [0.4, 0.5) is 0 Å². The highest BCUT2D eigenvalue weighted by Crippen LogP contribution is 2.29. The van der Waals surface area contributed by atoms with Gasteiger partial charge in [0.1, 0.15) is 0 Å². The normalized spacial score (nSPS) is 33.8. The van der Waals surface area contributed by atoms with Crippen LogP contribution in [0.3, 0.4) is 0 Å². The largest absolute Gasteiger partial charge is 0.393 e. The fraction of sp³-hybridized carbons (Fsp3) is 0.818. The Bertz CT molecular complexity index is 142. The lowest BCUT2D eigenvalue weighted by Gasteiger charge is -2.24. The molecule has 1 rings (SSSR count). The zero-order valence-corrected chi connectivity index (χ0v) is 8.00. The van der Waals surface area contributed by atoms with Gasteiger partial charge in [0, 0.05) is 0 Å². The third kappa shape index (κ3) is 2.34. The average molecular weight is 168 g/mol. The summed E-state index contributed by atoms with van der Waals surface area (Å²) in [4.78, 5) is 0. The first-order chi connectivity index (χ1) is 5.75. The molecule has 1 nitrogen and oxygen atoms in total. The molecule has 1 saturated carbocycles. The molecule has 0 amide bonds. The Labute approximate surface area is 75.5 Å². The molecule has 0 aromatic rings. The van der Waals surface area contributed by atoms with Gasteiger partial charge in [-0.3, -0.25) is 0 Å². The number of rotatable bonds is 2. The molecule has 0 aromatic heterocycles. The molecule has 1 fully saturated rings. The lowest BCUT2D eigenvalue weighted by atomic mass is 9.85. The van der Waals surface area contributed by atoms with Crippen molar-refractivity contribution in [3.05, 3.63) is 12.7 Å². The summed E-state index contributed by atoms with van der Waals surface area (Å²) in [7, 11) is 0. The first-order valence-electron chi connectivity index (χ1n) is 5.06. The first kappa shape index (κ1) is 9.79. The van der Waals surface area contributed by atoms with Gasteiger partial charge in [-0.15, -0.1) is 6.58 Å². The van der Waals surface area contributed by atoms with Crippen LogP contribution in [0, 0.1) is 11.8 Å². The lowest BCUT2D eigenvalue weighted by molar-refractivity contribution is 0.0820. The van der Waals surface area contributed by atoms with E-state index in [-0.39, 0.29) is 6.10 Å².